The lowest BCUT2D eigenvalue weighted by Crippen LogP contribution is -2.53. The van der Waals surface area contributed by atoms with E-state index in [0.29, 0.717) is 50.7 Å². The lowest BCUT2D eigenvalue weighted by atomic mass is 9.90. The van der Waals surface area contributed by atoms with Crippen molar-refractivity contribution in [1.82, 2.24) is 9.80 Å². The molecule has 5 atom stereocenters. The molecule has 0 saturated carbocycles. The maximum absolute atomic E-state index is 13.7. The predicted octanol–water partition coefficient (Wildman–Crippen LogP) is 3.95. The van der Waals surface area contributed by atoms with Gasteiger partial charge in [-0.25, -0.2) is 0 Å². The van der Waals surface area contributed by atoms with E-state index in [-0.39, 0.29) is 18.1 Å². The Morgan fingerprint density at radius 2 is 1.92 bits per heavy atom. The summed E-state index contributed by atoms with van der Waals surface area (Å²) in [7, 11) is 0. The Morgan fingerprint density at radius 3 is 2.68 bits per heavy atom. The lowest BCUT2D eigenvalue weighted by molar-refractivity contribution is -0.151. The van der Waals surface area contributed by atoms with E-state index in [4.69, 9.17) is 18.9 Å². The molecule has 0 bridgehead atoms. The van der Waals surface area contributed by atoms with Gasteiger partial charge in [0.2, 0.25) is 0 Å². The van der Waals surface area contributed by atoms with Crippen LogP contribution in [0.5, 0.6) is 0 Å². The van der Waals surface area contributed by atoms with Crippen LogP contribution in [0.15, 0.2) is 35.6 Å². The van der Waals surface area contributed by atoms with E-state index in [1.165, 1.54) is 17.8 Å². The molecule has 0 aromatic rings. The molecule has 0 aromatic heterocycles. The monoisotopic (exact) mass is 514 g/mol. The largest absolute Gasteiger partial charge is 0.498 e. The van der Waals surface area contributed by atoms with Gasteiger partial charge in [-0.05, 0) is 50.5 Å². The van der Waals surface area contributed by atoms with E-state index in [1.54, 1.807) is 0 Å². The van der Waals surface area contributed by atoms with Crippen LogP contribution in [-0.4, -0.2) is 93.2 Å². The molecular formula is C30H46N2O5. The van der Waals surface area contributed by atoms with E-state index < -0.39 is 6.10 Å². The fourth-order valence-electron chi connectivity index (χ4n) is 6.37. The molecule has 0 aromatic carbocycles. The molecule has 1 amide bonds. The van der Waals surface area contributed by atoms with Crippen molar-refractivity contribution in [2.45, 2.75) is 70.7 Å². The predicted molar refractivity (Wildman–Crippen MR) is 143 cm³/mol. The number of hydrogen-bond acceptors (Lipinski definition) is 6. The second-order valence-corrected chi connectivity index (χ2v) is 11.9. The van der Waals surface area contributed by atoms with Gasteiger partial charge in [-0.2, -0.15) is 0 Å². The molecule has 5 rings (SSSR count). The molecule has 3 heterocycles. The summed E-state index contributed by atoms with van der Waals surface area (Å²) in [5.41, 5.74) is 1.28. The van der Waals surface area contributed by atoms with Gasteiger partial charge >= 0.3 is 0 Å². The van der Waals surface area contributed by atoms with Crippen molar-refractivity contribution in [1.29, 1.82) is 0 Å². The van der Waals surface area contributed by atoms with Crippen molar-refractivity contribution < 1.29 is 23.7 Å². The molecule has 2 saturated heterocycles. The summed E-state index contributed by atoms with van der Waals surface area (Å²) < 4.78 is 24.1. The third-order valence-corrected chi connectivity index (χ3v) is 8.31. The minimum atomic E-state index is -0.400. The first kappa shape index (κ1) is 26.9. The summed E-state index contributed by atoms with van der Waals surface area (Å²) in [5, 5.41) is 0. The Hall–Kier alpha value is -1.67. The number of ether oxygens (including phenoxy) is 4. The van der Waals surface area contributed by atoms with Gasteiger partial charge in [0, 0.05) is 44.6 Å². The van der Waals surface area contributed by atoms with Crippen LogP contribution in [0.25, 0.3) is 0 Å². The molecule has 4 unspecified atom stereocenters. The van der Waals surface area contributed by atoms with Crippen LogP contribution >= 0.6 is 0 Å². The standard InChI is InChI=1S/C30H46N2O5/c1-22(2)17-32(19-23-8-11-27-28(16-23)36-15-14-35-27)30(33)29-20-31(12-13-34-29)18-24-9-10-26(37-21-24)25-6-4-3-5-7-25/h3-4,8,10,22,24-25,27-29H,5-7,9,11-21H2,1-2H3/t24?,25?,27-,28?,29?/m0/s1. The smallest absolute Gasteiger partial charge is 0.253 e. The van der Waals surface area contributed by atoms with Crippen molar-refractivity contribution in [2.24, 2.45) is 17.8 Å². The molecule has 37 heavy (non-hydrogen) atoms. The molecule has 2 aliphatic carbocycles. The van der Waals surface area contributed by atoms with Crippen molar-refractivity contribution in [2.75, 3.05) is 59.2 Å². The van der Waals surface area contributed by atoms with Gasteiger partial charge in [-0.3, -0.25) is 9.69 Å². The SMILES string of the molecule is CC(C)CN(CC1=CC[C@@H]2OCCOC2C1)C(=O)C1CN(CC2CC=C(C3CC=CCC3)OC2)CCO1. The second kappa shape index (κ2) is 12.9. The minimum Gasteiger partial charge on any atom is -0.498 e. The summed E-state index contributed by atoms with van der Waals surface area (Å²) in [6, 6.07) is 0. The van der Waals surface area contributed by atoms with Crippen LogP contribution in [0.2, 0.25) is 0 Å². The van der Waals surface area contributed by atoms with Gasteiger partial charge in [0.1, 0.15) is 6.10 Å². The zero-order valence-corrected chi connectivity index (χ0v) is 22.8. The van der Waals surface area contributed by atoms with Gasteiger partial charge in [0.25, 0.3) is 5.91 Å². The fraction of sp³-hybridized carbons (Fsp3) is 0.767. The van der Waals surface area contributed by atoms with Crippen LogP contribution in [0.4, 0.5) is 0 Å². The number of morpholine rings is 1. The first-order valence-corrected chi connectivity index (χ1v) is 14.6. The number of amides is 1. The van der Waals surface area contributed by atoms with E-state index in [0.717, 1.165) is 58.3 Å². The summed E-state index contributed by atoms with van der Waals surface area (Å²) in [6.07, 6.45) is 15.3. The van der Waals surface area contributed by atoms with E-state index in [9.17, 15) is 4.79 Å². The number of nitrogens with zero attached hydrogens (tertiary/aromatic N) is 2. The highest BCUT2D eigenvalue weighted by Gasteiger charge is 2.35. The maximum Gasteiger partial charge on any atom is 0.253 e. The van der Waals surface area contributed by atoms with Crippen LogP contribution in [0.1, 0.15) is 52.4 Å². The molecule has 7 nitrogen and oxygen atoms in total. The average molecular weight is 515 g/mol. The Labute approximate surface area is 222 Å². The van der Waals surface area contributed by atoms with Crippen molar-refractivity contribution in [3.05, 3.63) is 35.6 Å². The van der Waals surface area contributed by atoms with Gasteiger partial charge in [0.05, 0.1) is 44.4 Å². The molecule has 3 aliphatic heterocycles. The summed E-state index contributed by atoms with van der Waals surface area (Å²) in [5.74, 6) is 2.75. The van der Waals surface area contributed by atoms with E-state index in [1.807, 2.05) is 4.90 Å². The first-order chi connectivity index (χ1) is 18.0. The van der Waals surface area contributed by atoms with Crippen molar-refractivity contribution >= 4 is 5.91 Å². The molecule has 206 valence electrons. The third kappa shape index (κ3) is 7.25. The molecule has 0 radical (unpaired) electrons. The normalized spacial score (nSPS) is 32.8. The minimum absolute atomic E-state index is 0.119. The summed E-state index contributed by atoms with van der Waals surface area (Å²) >= 11 is 0. The summed E-state index contributed by atoms with van der Waals surface area (Å²) in [4.78, 5) is 18.1. The Kier molecular flexibility index (Phi) is 9.40. The van der Waals surface area contributed by atoms with Crippen LogP contribution in [0, 0.1) is 17.8 Å². The molecule has 0 N–H and O–H groups in total. The molecule has 7 heteroatoms. The van der Waals surface area contributed by atoms with Gasteiger partial charge in [-0.15, -0.1) is 0 Å². The zero-order valence-electron chi connectivity index (χ0n) is 22.8. The highest BCUT2D eigenvalue weighted by Crippen LogP contribution is 2.31. The highest BCUT2D eigenvalue weighted by atomic mass is 16.6. The Bertz CT molecular complexity index is 868. The van der Waals surface area contributed by atoms with Gasteiger partial charge < -0.3 is 23.8 Å². The van der Waals surface area contributed by atoms with Crippen LogP contribution < -0.4 is 0 Å². The fourth-order valence-corrected chi connectivity index (χ4v) is 6.37. The Balaban J connectivity index is 1.14. The number of rotatable bonds is 8. The summed E-state index contributed by atoms with van der Waals surface area (Å²) in [6.45, 7) is 11.0. The van der Waals surface area contributed by atoms with E-state index >= 15 is 0 Å². The number of hydrogen-bond donors (Lipinski definition) is 0. The second-order valence-electron chi connectivity index (χ2n) is 11.9. The quantitative estimate of drug-likeness (QED) is 0.457. The van der Waals surface area contributed by atoms with Gasteiger partial charge in [0.15, 0.2) is 0 Å². The number of carbonyl (C=O) groups excluding carboxylic acids is 1. The zero-order chi connectivity index (χ0) is 25.6. The Morgan fingerprint density at radius 1 is 1.05 bits per heavy atom. The van der Waals surface area contributed by atoms with Gasteiger partial charge in [-0.1, -0.05) is 37.6 Å². The van der Waals surface area contributed by atoms with Crippen LogP contribution in [0.3, 0.4) is 0 Å². The lowest BCUT2D eigenvalue weighted by Gasteiger charge is -2.39. The topological polar surface area (TPSA) is 60.5 Å². The first-order valence-electron chi connectivity index (χ1n) is 14.6. The maximum atomic E-state index is 13.7. The van der Waals surface area contributed by atoms with Crippen molar-refractivity contribution in [3.8, 4) is 0 Å². The molecular weight excluding hydrogens is 468 g/mol. The van der Waals surface area contributed by atoms with Crippen molar-refractivity contribution in [3.63, 3.8) is 0 Å². The average Bonchev–Trinajstić information content (AvgIpc) is 2.93. The molecule has 2 fully saturated rings. The van der Waals surface area contributed by atoms with Crippen LogP contribution in [-0.2, 0) is 23.7 Å². The number of fused-ring (bicyclic) bond motifs is 1. The number of allylic oxidation sites excluding steroid dienone is 4. The third-order valence-electron chi connectivity index (χ3n) is 8.31. The number of carbonyl (C=O) groups is 1. The molecule has 0 spiro atoms. The highest BCUT2D eigenvalue weighted by molar-refractivity contribution is 5.81. The van der Waals surface area contributed by atoms with E-state index in [2.05, 4.69) is 43.1 Å². The molecule has 5 aliphatic rings.